The van der Waals surface area contributed by atoms with Crippen LogP contribution >= 0.6 is 22.9 Å². The quantitative estimate of drug-likeness (QED) is 0.447. The summed E-state index contributed by atoms with van der Waals surface area (Å²) in [5.41, 5.74) is 2.27. The molecule has 2 aromatic rings. The van der Waals surface area contributed by atoms with E-state index < -0.39 is 6.10 Å². The van der Waals surface area contributed by atoms with Gasteiger partial charge >= 0.3 is 0 Å². The van der Waals surface area contributed by atoms with Gasteiger partial charge in [-0.25, -0.2) is 4.99 Å². The number of aliphatic hydroxyl groups is 1. The van der Waals surface area contributed by atoms with Crippen LogP contribution in [0, 0.1) is 0 Å². The second-order valence-corrected chi connectivity index (χ2v) is 7.39. The molecule has 0 saturated carbocycles. The Morgan fingerprint density at radius 2 is 1.96 bits per heavy atom. The zero-order valence-corrected chi connectivity index (χ0v) is 16.7. The van der Waals surface area contributed by atoms with E-state index in [0.717, 1.165) is 22.5 Å². The predicted molar refractivity (Wildman–Crippen MR) is 109 cm³/mol. The number of guanidine groups is 1. The van der Waals surface area contributed by atoms with Crippen molar-refractivity contribution in [3.05, 3.63) is 56.7 Å². The number of hydrogen-bond donors (Lipinski definition) is 3. The average Bonchev–Trinajstić information content (AvgIpc) is 3.09. The van der Waals surface area contributed by atoms with Gasteiger partial charge in [-0.1, -0.05) is 35.9 Å². The number of hydrogen-bond acceptors (Lipinski definition) is 4. The fraction of sp³-hybridized carbons (Fsp3) is 0.421. The second kappa shape index (κ2) is 11.2. The van der Waals surface area contributed by atoms with Crippen molar-refractivity contribution in [3.8, 4) is 0 Å². The molecule has 0 saturated heterocycles. The molecule has 142 valence electrons. The summed E-state index contributed by atoms with van der Waals surface area (Å²) in [6.07, 6.45) is -0.624. The van der Waals surface area contributed by atoms with Crippen LogP contribution in [-0.2, 0) is 17.9 Å². The van der Waals surface area contributed by atoms with E-state index in [1.54, 1.807) is 6.07 Å². The summed E-state index contributed by atoms with van der Waals surface area (Å²) in [7, 11) is 0. The van der Waals surface area contributed by atoms with Crippen LogP contribution in [0.25, 0.3) is 0 Å². The Morgan fingerprint density at radius 1 is 1.19 bits per heavy atom. The molecule has 5 nitrogen and oxygen atoms in total. The molecule has 0 bridgehead atoms. The van der Waals surface area contributed by atoms with E-state index >= 15 is 0 Å². The Bertz CT molecular complexity index is 706. The van der Waals surface area contributed by atoms with E-state index in [9.17, 15) is 5.11 Å². The number of thiophene rings is 1. The summed E-state index contributed by atoms with van der Waals surface area (Å²) in [6, 6.07) is 11.8. The van der Waals surface area contributed by atoms with Crippen molar-refractivity contribution < 1.29 is 9.84 Å². The molecule has 1 unspecified atom stereocenters. The highest BCUT2D eigenvalue weighted by Gasteiger charge is 2.11. The maximum atomic E-state index is 10.3. The summed E-state index contributed by atoms with van der Waals surface area (Å²) < 4.78 is 6.19. The van der Waals surface area contributed by atoms with Gasteiger partial charge in [-0.05, 0) is 37.1 Å². The average molecular weight is 396 g/mol. The van der Waals surface area contributed by atoms with Crippen LogP contribution in [-0.4, -0.2) is 30.8 Å². The fourth-order valence-corrected chi connectivity index (χ4v) is 3.42. The molecule has 0 radical (unpaired) electrons. The van der Waals surface area contributed by atoms with Crippen molar-refractivity contribution in [2.24, 2.45) is 4.99 Å². The Morgan fingerprint density at radius 3 is 2.62 bits per heavy atom. The Labute approximate surface area is 164 Å². The minimum atomic E-state index is -0.624. The third-order valence-electron chi connectivity index (χ3n) is 3.72. The molecule has 1 aromatic carbocycles. The lowest BCUT2D eigenvalue weighted by molar-refractivity contribution is 0.133. The molecule has 1 atom stereocenters. The van der Waals surface area contributed by atoms with Crippen molar-refractivity contribution in [2.75, 3.05) is 19.7 Å². The number of nitrogens with one attached hydrogen (secondary N) is 2. The maximum absolute atomic E-state index is 10.3. The van der Waals surface area contributed by atoms with Gasteiger partial charge in [-0.15, -0.1) is 11.3 Å². The van der Waals surface area contributed by atoms with Crippen molar-refractivity contribution in [1.29, 1.82) is 0 Å². The molecule has 0 fully saturated rings. The van der Waals surface area contributed by atoms with Crippen LogP contribution in [0.5, 0.6) is 0 Å². The first-order chi connectivity index (χ1) is 12.6. The number of nitrogens with zero attached hydrogens (tertiary/aromatic N) is 1. The number of benzene rings is 1. The molecular formula is C19H26ClN3O2S. The molecule has 0 aliphatic rings. The Balaban J connectivity index is 1.98. The van der Waals surface area contributed by atoms with Crippen molar-refractivity contribution in [3.63, 3.8) is 0 Å². The van der Waals surface area contributed by atoms with Crippen LogP contribution in [0.15, 0.2) is 41.4 Å². The van der Waals surface area contributed by atoms with Gasteiger partial charge < -0.3 is 20.5 Å². The third kappa shape index (κ3) is 6.61. The number of ether oxygens (including phenoxy) is 1. The van der Waals surface area contributed by atoms with Gasteiger partial charge in [0.1, 0.15) is 6.10 Å². The molecule has 1 heterocycles. The van der Waals surface area contributed by atoms with Crippen LogP contribution < -0.4 is 10.6 Å². The van der Waals surface area contributed by atoms with E-state index in [0.29, 0.717) is 36.6 Å². The van der Waals surface area contributed by atoms with Gasteiger partial charge in [-0.2, -0.15) is 0 Å². The summed E-state index contributed by atoms with van der Waals surface area (Å²) in [5.74, 6) is 0.667. The van der Waals surface area contributed by atoms with E-state index in [4.69, 9.17) is 16.3 Å². The number of aliphatic hydroxyl groups excluding tert-OH is 1. The third-order valence-corrected chi connectivity index (χ3v) is 5.05. The molecule has 1 aromatic heterocycles. The zero-order chi connectivity index (χ0) is 18.8. The number of rotatable bonds is 9. The highest BCUT2D eigenvalue weighted by molar-refractivity contribution is 7.16. The van der Waals surface area contributed by atoms with Crippen molar-refractivity contribution in [1.82, 2.24) is 10.6 Å². The highest BCUT2D eigenvalue weighted by atomic mass is 35.5. The van der Waals surface area contributed by atoms with Crippen LogP contribution in [0.4, 0.5) is 0 Å². The van der Waals surface area contributed by atoms with Gasteiger partial charge in [0, 0.05) is 24.6 Å². The molecule has 0 aliphatic carbocycles. The van der Waals surface area contributed by atoms with Gasteiger partial charge in [0.2, 0.25) is 0 Å². The molecule has 0 aliphatic heterocycles. The molecular weight excluding hydrogens is 370 g/mol. The highest BCUT2D eigenvalue weighted by Crippen LogP contribution is 2.26. The number of halogens is 1. The Hall–Kier alpha value is -1.60. The predicted octanol–water partition coefficient (Wildman–Crippen LogP) is 3.73. The summed E-state index contributed by atoms with van der Waals surface area (Å²) in [4.78, 5) is 5.46. The summed E-state index contributed by atoms with van der Waals surface area (Å²) in [5, 5.41) is 16.7. The maximum Gasteiger partial charge on any atom is 0.191 e. The monoisotopic (exact) mass is 395 g/mol. The Kier molecular flexibility index (Phi) is 8.91. The fourth-order valence-electron chi connectivity index (χ4n) is 2.37. The molecule has 26 heavy (non-hydrogen) atoms. The van der Waals surface area contributed by atoms with Gasteiger partial charge in [0.15, 0.2) is 5.96 Å². The molecule has 3 N–H and O–H groups in total. The zero-order valence-electron chi connectivity index (χ0n) is 15.2. The smallest absolute Gasteiger partial charge is 0.191 e. The molecule has 7 heteroatoms. The lowest BCUT2D eigenvalue weighted by Gasteiger charge is -2.15. The standard InChI is InChI=1S/C19H26ClN3O2S/c1-3-21-19(23-12-16(24)17-9-10-18(20)26-17)22-11-14-7-5-6-8-15(14)13-25-4-2/h5-10,16,24H,3-4,11-13H2,1-2H3,(H2,21,22,23). The summed E-state index contributed by atoms with van der Waals surface area (Å²) >= 11 is 7.31. The first-order valence-electron chi connectivity index (χ1n) is 8.74. The molecule has 0 spiro atoms. The largest absolute Gasteiger partial charge is 0.386 e. The lowest BCUT2D eigenvalue weighted by Crippen LogP contribution is -2.39. The minimum Gasteiger partial charge on any atom is -0.386 e. The van der Waals surface area contributed by atoms with Crippen LogP contribution in [0.1, 0.15) is 36.0 Å². The van der Waals surface area contributed by atoms with Crippen LogP contribution in [0.2, 0.25) is 4.34 Å². The topological polar surface area (TPSA) is 65.9 Å². The molecule has 0 amide bonds. The van der Waals surface area contributed by atoms with E-state index in [2.05, 4.69) is 27.8 Å². The first-order valence-corrected chi connectivity index (χ1v) is 9.93. The van der Waals surface area contributed by atoms with Crippen LogP contribution in [0.3, 0.4) is 0 Å². The van der Waals surface area contributed by atoms with Gasteiger partial charge in [0.05, 0.1) is 17.5 Å². The SMILES string of the molecule is CCNC(=NCc1ccccc1COCC)NCC(O)c1ccc(Cl)s1. The number of aliphatic imine (C=N–C) groups is 1. The molecule has 2 rings (SSSR count). The van der Waals surface area contributed by atoms with Crippen molar-refractivity contribution >= 4 is 28.9 Å². The second-order valence-electron chi connectivity index (χ2n) is 5.64. The minimum absolute atomic E-state index is 0.364. The van der Waals surface area contributed by atoms with Gasteiger partial charge in [-0.3, -0.25) is 0 Å². The van der Waals surface area contributed by atoms with E-state index in [1.807, 2.05) is 32.0 Å². The normalized spacial score (nSPS) is 12.8. The van der Waals surface area contributed by atoms with Crippen molar-refractivity contribution in [2.45, 2.75) is 33.1 Å². The van der Waals surface area contributed by atoms with E-state index in [-0.39, 0.29) is 0 Å². The first kappa shape index (κ1) is 20.7. The van der Waals surface area contributed by atoms with E-state index in [1.165, 1.54) is 11.3 Å². The summed E-state index contributed by atoms with van der Waals surface area (Å²) in [6.45, 7) is 6.92. The lowest BCUT2D eigenvalue weighted by atomic mass is 10.1. The van der Waals surface area contributed by atoms with Gasteiger partial charge in [0.25, 0.3) is 0 Å².